The molecule has 0 spiro atoms. The van der Waals surface area contributed by atoms with Crippen molar-refractivity contribution in [3.63, 3.8) is 0 Å². The van der Waals surface area contributed by atoms with Gasteiger partial charge in [0.2, 0.25) is 0 Å². The third-order valence-electron chi connectivity index (χ3n) is 6.88. The number of benzene rings is 7. The molecule has 0 aromatic heterocycles. The molecule has 0 fully saturated rings. The second-order valence-electron chi connectivity index (χ2n) is 8.68. The summed E-state index contributed by atoms with van der Waals surface area (Å²) in [6.45, 7) is 0. The maximum atomic E-state index is 6.73. The maximum Gasteiger partial charge on any atom is 0.0473 e. The van der Waals surface area contributed by atoms with Crippen molar-refractivity contribution in [2.75, 3.05) is 11.5 Å². The molecule has 0 radical (unpaired) electrons. The predicted octanol–water partition coefficient (Wildman–Crippen LogP) is 7.77. The Bertz CT molecular complexity index is 1760. The van der Waals surface area contributed by atoms with Gasteiger partial charge >= 0.3 is 0 Å². The number of hydrogen-bond donors (Lipinski definition) is 2. The van der Waals surface area contributed by atoms with Gasteiger partial charge in [0, 0.05) is 32.9 Å². The Morgan fingerprint density at radius 3 is 1.06 bits per heavy atom. The summed E-state index contributed by atoms with van der Waals surface area (Å²) >= 11 is 0. The Kier molecular flexibility index (Phi) is 3.32. The summed E-state index contributed by atoms with van der Waals surface area (Å²) in [5.74, 6) is 0. The maximum absolute atomic E-state index is 6.73. The molecule has 7 rings (SSSR count). The van der Waals surface area contributed by atoms with Crippen molar-refractivity contribution in [1.29, 1.82) is 0 Å². The molecule has 7 aromatic rings. The minimum Gasteiger partial charge on any atom is -0.398 e. The van der Waals surface area contributed by atoms with Gasteiger partial charge in [0.25, 0.3) is 0 Å². The van der Waals surface area contributed by atoms with Crippen molar-refractivity contribution in [1.82, 2.24) is 0 Å². The smallest absolute Gasteiger partial charge is 0.0473 e. The molecule has 0 unspecified atom stereocenters. The molecule has 0 aliphatic carbocycles. The van der Waals surface area contributed by atoms with Crippen molar-refractivity contribution >= 4 is 76.0 Å². The topological polar surface area (TPSA) is 52.0 Å². The average molecular weight is 409 g/mol. The lowest BCUT2D eigenvalue weighted by atomic mass is 9.92. The quantitative estimate of drug-likeness (QED) is 0.153. The van der Waals surface area contributed by atoms with Crippen molar-refractivity contribution in [2.45, 2.75) is 0 Å². The molecule has 2 nitrogen and oxygen atoms in total. The molecule has 0 bridgehead atoms. The summed E-state index contributed by atoms with van der Waals surface area (Å²) in [6.07, 6.45) is 0. The monoisotopic (exact) mass is 408 g/mol. The van der Waals surface area contributed by atoms with E-state index in [1.165, 1.54) is 21.5 Å². The van der Waals surface area contributed by atoms with Gasteiger partial charge in [-0.1, -0.05) is 60.7 Å². The Morgan fingerprint density at radius 2 is 0.656 bits per heavy atom. The molecule has 7 aromatic carbocycles. The van der Waals surface area contributed by atoms with Gasteiger partial charge in [0.15, 0.2) is 0 Å². The second-order valence-corrected chi connectivity index (χ2v) is 8.68. The summed E-state index contributed by atoms with van der Waals surface area (Å²) in [4.78, 5) is 0. The van der Waals surface area contributed by atoms with Crippen LogP contribution in [-0.4, -0.2) is 0 Å². The van der Waals surface area contributed by atoms with E-state index >= 15 is 0 Å². The van der Waals surface area contributed by atoms with Crippen LogP contribution in [0.25, 0.3) is 64.6 Å². The van der Waals surface area contributed by atoms with Gasteiger partial charge in [-0.3, -0.25) is 0 Å². The number of nitrogen functional groups attached to an aromatic ring is 2. The molecule has 32 heavy (non-hydrogen) atoms. The molecule has 0 amide bonds. The SMILES string of the molecule is Nc1c2cc3ccccc3cc2cc2c1ccc1c(N)c3cc4ccccc4cc3cc12. The van der Waals surface area contributed by atoms with Crippen molar-refractivity contribution in [2.24, 2.45) is 0 Å². The minimum atomic E-state index is 0.822. The van der Waals surface area contributed by atoms with E-state index in [9.17, 15) is 0 Å². The molecule has 0 atom stereocenters. The summed E-state index contributed by atoms with van der Waals surface area (Å²) in [7, 11) is 0. The predicted molar refractivity (Wildman–Crippen MR) is 140 cm³/mol. The van der Waals surface area contributed by atoms with Gasteiger partial charge in [0.1, 0.15) is 0 Å². The first-order chi connectivity index (χ1) is 15.7. The molecule has 2 heteroatoms. The highest BCUT2D eigenvalue weighted by Crippen LogP contribution is 2.41. The van der Waals surface area contributed by atoms with Gasteiger partial charge in [-0.15, -0.1) is 0 Å². The highest BCUT2D eigenvalue weighted by molar-refractivity contribution is 6.25. The van der Waals surface area contributed by atoms with E-state index in [-0.39, 0.29) is 0 Å². The summed E-state index contributed by atoms with van der Waals surface area (Å²) in [5, 5.41) is 13.8. The molecular weight excluding hydrogens is 388 g/mol. The van der Waals surface area contributed by atoms with Crippen LogP contribution in [0.5, 0.6) is 0 Å². The first kappa shape index (κ1) is 17.4. The average Bonchev–Trinajstić information content (AvgIpc) is 2.82. The number of rotatable bonds is 0. The van der Waals surface area contributed by atoms with E-state index in [1.807, 2.05) is 0 Å². The van der Waals surface area contributed by atoms with Crippen molar-refractivity contribution < 1.29 is 0 Å². The van der Waals surface area contributed by atoms with Crippen LogP contribution in [-0.2, 0) is 0 Å². The summed E-state index contributed by atoms with van der Waals surface area (Å²) in [5.41, 5.74) is 15.1. The van der Waals surface area contributed by atoms with Crippen LogP contribution in [0.2, 0.25) is 0 Å². The first-order valence-electron chi connectivity index (χ1n) is 10.9. The van der Waals surface area contributed by atoms with E-state index in [4.69, 9.17) is 11.5 Å². The lowest BCUT2D eigenvalue weighted by Crippen LogP contribution is -1.94. The van der Waals surface area contributed by atoms with E-state index in [1.54, 1.807) is 0 Å². The Balaban J connectivity index is 1.66. The van der Waals surface area contributed by atoms with Gasteiger partial charge in [-0.25, -0.2) is 0 Å². The molecule has 4 N–H and O–H groups in total. The molecule has 0 heterocycles. The van der Waals surface area contributed by atoms with Gasteiger partial charge < -0.3 is 11.5 Å². The molecular formula is C30H20N2. The van der Waals surface area contributed by atoms with Crippen LogP contribution in [0.4, 0.5) is 11.4 Å². The van der Waals surface area contributed by atoms with Gasteiger partial charge in [-0.05, 0) is 79.5 Å². The van der Waals surface area contributed by atoms with Crippen LogP contribution in [0, 0.1) is 0 Å². The van der Waals surface area contributed by atoms with Gasteiger partial charge in [-0.2, -0.15) is 0 Å². The van der Waals surface area contributed by atoms with Crippen LogP contribution in [0.3, 0.4) is 0 Å². The van der Waals surface area contributed by atoms with Gasteiger partial charge in [0.05, 0.1) is 0 Å². The standard InChI is InChI=1S/C30H20N2/c31-29-23-9-10-24-28(16-22-12-18-6-2-4-8-20(18)14-26(22)30(24)32)27(23)15-21-11-17-5-1-3-7-19(17)13-25(21)29/h1-16H,31-32H2. The van der Waals surface area contributed by atoms with Crippen LogP contribution < -0.4 is 11.5 Å². The zero-order chi connectivity index (χ0) is 21.4. The van der Waals surface area contributed by atoms with Crippen molar-refractivity contribution in [3.8, 4) is 0 Å². The molecule has 150 valence electrons. The van der Waals surface area contributed by atoms with Crippen LogP contribution in [0.15, 0.2) is 97.1 Å². The fraction of sp³-hybridized carbons (Fsp3) is 0. The van der Waals surface area contributed by atoms with E-state index in [0.717, 1.165) is 54.5 Å². The zero-order valence-corrected chi connectivity index (χ0v) is 17.4. The lowest BCUT2D eigenvalue weighted by molar-refractivity contribution is 1.77. The fourth-order valence-corrected chi connectivity index (χ4v) is 5.24. The summed E-state index contributed by atoms with van der Waals surface area (Å²) in [6, 6.07) is 34.5. The fourth-order valence-electron chi connectivity index (χ4n) is 5.24. The number of anilines is 2. The Hall–Kier alpha value is -4.30. The molecule has 0 saturated carbocycles. The largest absolute Gasteiger partial charge is 0.398 e. The molecule has 0 saturated heterocycles. The lowest BCUT2D eigenvalue weighted by Gasteiger charge is -2.14. The Labute approximate surface area is 184 Å². The highest BCUT2D eigenvalue weighted by atomic mass is 14.6. The van der Waals surface area contributed by atoms with E-state index in [2.05, 4.69) is 97.1 Å². The van der Waals surface area contributed by atoms with Crippen molar-refractivity contribution in [3.05, 3.63) is 97.1 Å². The first-order valence-corrected chi connectivity index (χ1v) is 10.9. The number of hydrogen-bond acceptors (Lipinski definition) is 2. The second kappa shape index (κ2) is 6.12. The number of nitrogens with two attached hydrogens (primary N) is 2. The third kappa shape index (κ3) is 2.29. The highest BCUT2D eigenvalue weighted by Gasteiger charge is 2.13. The van der Waals surface area contributed by atoms with Crippen LogP contribution in [0.1, 0.15) is 0 Å². The Morgan fingerprint density at radius 1 is 0.312 bits per heavy atom. The third-order valence-corrected chi connectivity index (χ3v) is 6.88. The normalized spacial score (nSPS) is 12.0. The minimum absolute atomic E-state index is 0.822. The van der Waals surface area contributed by atoms with E-state index < -0.39 is 0 Å². The summed E-state index contributed by atoms with van der Waals surface area (Å²) < 4.78 is 0. The molecule has 0 aliphatic rings. The zero-order valence-electron chi connectivity index (χ0n) is 17.4. The van der Waals surface area contributed by atoms with Crippen LogP contribution >= 0.6 is 0 Å². The molecule has 0 aliphatic heterocycles. The number of fused-ring (bicyclic) bond motifs is 7. The van der Waals surface area contributed by atoms with E-state index in [0.29, 0.717) is 0 Å².